The summed E-state index contributed by atoms with van der Waals surface area (Å²) in [5.74, 6) is -0.786. The van der Waals surface area contributed by atoms with Crippen LogP contribution in [0.25, 0.3) is 17.5 Å². The maximum atomic E-state index is 14.8. The van der Waals surface area contributed by atoms with Crippen LogP contribution in [0.3, 0.4) is 0 Å². The van der Waals surface area contributed by atoms with Crippen molar-refractivity contribution in [2.24, 2.45) is 16.6 Å². The van der Waals surface area contributed by atoms with Gasteiger partial charge in [0.1, 0.15) is 34.8 Å². The highest BCUT2D eigenvalue weighted by Gasteiger charge is 2.25. The summed E-state index contributed by atoms with van der Waals surface area (Å²) in [7, 11) is 0. The first kappa shape index (κ1) is 23.8. The van der Waals surface area contributed by atoms with Crippen molar-refractivity contribution in [2.75, 3.05) is 18.4 Å². The predicted molar refractivity (Wildman–Crippen MR) is 129 cm³/mol. The number of aromatic nitrogens is 2. The number of aliphatic imine (C=N–C) groups is 1. The minimum absolute atomic E-state index is 0.00430. The van der Waals surface area contributed by atoms with Gasteiger partial charge < -0.3 is 20.9 Å². The summed E-state index contributed by atoms with van der Waals surface area (Å²) >= 11 is 6.34. The summed E-state index contributed by atoms with van der Waals surface area (Å²) in [6, 6.07) is 7.62. The average molecular weight is 489 g/mol. The van der Waals surface area contributed by atoms with Crippen molar-refractivity contribution in [1.82, 2.24) is 14.9 Å². The standard InChI is InChI=1S/C24H24ClF3N6/c1-2-20-22(33-24(29)31-12-15-8-16(26)10-17(27)9-15)34(13-14-6-7-30-11-14)23(32-20)21-18(25)4-3-5-19(21)28/h2-5,8-10,14,30H,1,6-7,11-13H2,(H3,29,31,33). The Labute approximate surface area is 200 Å². The first-order chi connectivity index (χ1) is 16.4. The second-order valence-electron chi connectivity index (χ2n) is 8.04. The minimum atomic E-state index is -0.694. The van der Waals surface area contributed by atoms with E-state index in [9.17, 15) is 13.2 Å². The van der Waals surface area contributed by atoms with E-state index in [1.54, 1.807) is 6.07 Å². The second kappa shape index (κ2) is 10.3. The van der Waals surface area contributed by atoms with Crippen molar-refractivity contribution in [1.29, 1.82) is 0 Å². The van der Waals surface area contributed by atoms with E-state index in [4.69, 9.17) is 17.3 Å². The van der Waals surface area contributed by atoms with Crippen molar-refractivity contribution in [3.8, 4) is 11.4 Å². The molecule has 4 N–H and O–H groups in total. The lowest BCUT2D eigenvalue weighted by Gasteiger charge is -2.17. The molecule has 4 rings (SSSR count). The molecule has 1 aliphatic heterocycles. The van der Waals surface area contributed by atoms with Crippen molar-refractivity contribution in [3.63, 3.8) is 0 Å². The third-order valence-corrected chi connectivity index (χ3v) is 5.89. The molecule has 10 heteroatoms. The molecule has 0 amide bonds. The van der Waals surface area contributed by atoms with Gasteiger partial charge in [-0.15, -0.1) is 0 Å². The van der Waals surface area contributed by atoms with Gasteiger partial charge in [-0.1, -0.05) is 24.2 Å². The molecule has 6 nitrogen and oxygen atoms in total. The van der Waals surface area contributed by atoms with E-state index in [0.717, 1.165) is 25.6 Å². The Hall–Kier alpha value is -3.30. The monoisotopic (exact) mass is 488 g/mol. The molecule has 1 saturated heterocycles. The van der Waals surface area contributed by atoms with Gasteiger partial charge in [-0.3, -0.25) is 0 Å². The van der Waals surface area contributed by atoms with Gasteiger partial charge in [0.05, 0.1) is 17.1 Å². The molecule has 0 radical (unpaired) electrons. The Kier molecular flexibility index (Phi) is 7.23. The summed E-state index contributed by atoms with van der Waals surface area (Å²) in [6.07, 6.45) is 2.47. The van der Waals surface area contributed by atoms with Crippen LogP contribution in [0.15, 0.2) is 48.0 Å². The molecule has 0 bridgehead atoms. The quantitative estimate of drug-likeness (QED) is 0.329. The number of rotatable bonds is 7. The Morgan fingerprint density at radius 1 is 1.29 bits per heavy atom. The Balaban J connectivity index is 1.71. The zero-order valence-electron chi connectivity index (χ0n) is 18.3. The molecule has 0 aliphatic carbocycles. The normalized spacial score (nSPS) is 16.1. The van der Waals surface area contributed by atoms with Crippen LogP contribution in [0.5, 0.6) is 0 Å². The van der Waals surface area contributed by atoms with Crippen LogP contribution in [-0.4, -0.2) is 28.6 Å². The van der Waals surface area contributed by atoms with Gasteiger partial charge in [0, 0.05) is 12.6 Å². The summed E-state index contributed by atoms with van der Waals surface area (Å²) < 4.78 is 43.6. The minimum Gasteiger partial charge on any atom is -0.370 e. The largest absolute Gasteiger partial charge is 0.370 e. The van der Waals surface area contributed by atoms with Crippen LogP contribution in [0.2, 0.25) is 5.02 Å². The molecule has 34 heavy (non-hydrogen) atoms. The van der Waals surface area contributed by atoms with E-state index in [2.05, 4.69) is 27.2 Å². The third-order valence-electron chi connectivity index (χ3n) is 5.58. The fourth-order valence-electron chi connectivity index (χ4n) is 3.99. The molecule has 0 spiro atoms. The summed E-state index contributed by atoms with van der Waals surface area (Å²) in [4.78, 5) is 8.78. The number of nitrogens with zero attached hydrogens (tertiary/aromatic N) is 3. The lowest BCUT2D eigenvalue weighted by molar-refractivity contribution is 0.487. The number of hydrogen-bond donors (Lipinski definition) is 3. The maximum absolute atomic E-state index is 14.8. The van der Waals surface area contributed by atoms with E-state index >= 15 is 0 Å². The lowest BCUT2D eigenvalue weighted by atomic mass is 10.1. The highest BCUT2D eigenvalue weighted by atomic mass is 35.5. The highest BCUT2D eigenvalue weighted by molar-refractivity contribution is 6.33. The summed E-state index contributed by atoms with van der Waals surface area (Å²) in [6.45, 7) is 6.00. The van der Waals surface area contributed by atoms with Crippen molar-refractivity contribution < 1.29 is 13.2 Å². The fourth-order valence-corrected chi connectivity index (χ4v) is 4.24. The first-order valence-corrected chi connectivity index (χ1v) is 11.1. The zero-order chi connectivity index (χ0) is 24.2. The van der Waals surface area contributed by atoms with Gasteiger partial charge in [0.2, 0.25) is 0 Å². The van der Waals surface area contributed by atoms with Crippen LogP contribution in [0.4, 0.5) is 19.0 Å². The topological polar surface area (TPSA) is 80.3 Å². The number of imidazole rings is 1. The van der Waals surface area contributed by atoms with Crippen LogP contribution < -0.4 is 16.4 Å². The predicted octanol–water partition coefficient (Wildman–Crippen LogP) is 4.80. The molecule has 1 aromatic heterocycles. The number of hydrogen-bond acceptors (Lipinski definition) is 3. The van der Waals surface area contributed by atoms with E-state index < -0.39 is 17.5 Å². The average Bonchev–Trinajstić information content (AvgIpc) is 3.41. The van der Waals surface area contributed by atoms with E-state index in [1.807, 2.05) is 4.57 Å². The highest BCUT2D eigenvalue weighted by Crippen LogP contribution is 2.34. The Morgan fingerprint density at radius 3 is 2.71 bits per heavy atom. The first-order valence-electron chi connectivity index (χ1n) is 10.8. The van der Waals surface area contributed by atoms with Gasteiger partial charge in [-0.05, 0) is 61.3 Å². The van der Waals surface area contributed by atoms with Gasteiger partial charge in [0.15, 0.2) is 5.96 Å². The number of benzene rings is 2. The molecule has 0 saturated carbocycles. The van der Waals surface area contributed by atoms with Crippen molar-refractivity contribution >= 4 is 29.5 Å². The van der Waals surface area contributed by atoms with Crippen molar-refractivity contribution in [3.05, 3.63) is 76.7 Å². The molecule has 2 aromatic carbocycles. The molecular weight excluding hydrogens is 465 g/mol. The van der Waals surface area contributed by atoms with Crippen LogP contribution in [0, 0.1) is 23.4 Å². The van der Waals surface area contributed by atoms with Gasteiger partial charge >= 0.3 is 0 Å². The van der Waals surface area contributed by atoms with Crippen LogP contribution in [0.1, 0.15) is 17.7 Å². The second-order valence-corrected chi connectivity index (χ2v) is 8.45. The number of anilines is 1. The van der Waals surface area contributed by atoms with Gasteiger partial charge in [-0.25, -0.2) is 23.1 Å². The van der Waals surface area contributed by atoms with Gasteiger partial charge in [-0.2, -0.15) is 0 Å². The van der Waals surface area contributed by atoms with Crippen LogP contribution in [-0.2, 0) is 13.1 Å². The molecule has 2 heterocycles. The number of nitrogens with one attached hydrogen (secondary N) is 2. The summed E-state index contributed by atoms with van der Waals surface area (Å²) in [5, 5.41) is 6.56. The molecule has 3 aromatic rings. The number of guanidine groups is 1. The fraction of sp³-hybridized carbons (Fsp3) is 0.250. The smallest absolute Gasteiger partial charge is 0.194 e. The molecule has 1 atom stereocenters. The van der Waals surface area contributed by atoms with E-state index in [-0.39, 0.29) is 29.0 Å². The molecule has 178 valence electrons. The van der Waals surface area contributed by atoms with Crippen LogP contribution >= 0.6 is 11.6 Å². The maximum Gasteiger partial charge on any atom is 0.194 e. The third kappa shape index (κ3) is 5.26. The zero-order valence-corrected chi connectivity index (χ0v) is 19.0. The van der Waals surface area contributed by atoms with Gasteiger partial charge in [0.25, 0.3) is 0 Å². The van der Waals surface area contributed by atoms with E-state index in [1.165, 1.54) is 30.3 Å². The SMILES string of the molecule is C=Cc1nc(-c2c(F)cccc2Cl)n(CC2CCNC2)c1NC(N)=NCc1cc(F)cc(F)c1. The Bertz CT molecular complexity index is 1190. The number of halogens is 4. The van der Waals surface area contributed by atoms with Crippen molar-refractivity contribution in [2.45, 2.75) is 19.5 Å². The van der Waals surface area contributed by atoms with E-state index in [0.29, 0.717) is 29.4 Å². The molecule has 1 unspecified atom stereocenters. The Morgan fingerprint density at radius 2 is 2.06 bits per heavy atom. The molecule has 1 fully saturated rings. The summed E-state index contributed by atoms with van der Waals surface area (Å²) in [5.41, 5.74) is 7.05. The molecular formula is C24H24ClF3N6. The number of nitrogens with two attached hydrogens (primary N) is 1. The molecule has 1 aliphatic rings. The lowest BCUT2D eigenvalue weighted by Crippen LogP contribution is -2.26.